The van der Waals surface area contributed by atoms with Gasteiger partial charge in [0, 0.05) is 11.8 Å². The Hall–Kier alpha value is -2.21. The summed E-state index contributed by atoms with van der Waals surface area (Å²) in [5, 5.41) is 12.1. The summed E-state index contributed by atoms with van der Waals surface area (Å²) in [5.41, 5.74) is 12.2. The monoisotopic (exact) mass is 214 g/mol. The molecule has 0 unspecified atom stereocenters. The summed E-state index contributed by atoms with van der Waals surface area (Å²) in [7, 11) is 0. The molecular weight excluding hydrogens is 204 g/mol. The number of hydrogen-bond acceptors (Lipinski definition) is 5. The standard InChI is InChI=1S/C10H10N6/c11-6-16-10-8(13-15-16)4-3-7-2-1-5-12-14-9(7)10/h1-5,14H,6,11H2. The van der Waals surface area contributed by atoms with Crippen molar-refractivity contribution in [2.45, 2.75) is 6.67 Å². The van der Waals surface area contributed by atoms with Crippen LogP contribution < -0.4 is 11.2 Å². The molecule has 6 heteroatoms. The van der Waals surface area contributed by atoms with E-state index in [2.05, 4.69) is 20.8 Å². The van der Waals surface area contributed by atoms with E-state index in [1.54, 1.807) is 10.9 Å². The van der Waals surface area contributed by atoms with Crippen LogP contribution in [0.3, 0.4) is 0 Å². The van der Waals surface area contributed by atoms with Crippen molar-refractivity contribution in [2.24, 2.45) is 10.8 Å². The Balaban J connectivity index is 2.36. The van der Waals surface area contributed by atoms with Crippen molar-refractivity contribution in [3.8, 4) is 0 Å². The third kappa shape index (κ3) is 1.20. The molecule has 0 atom stereocenters. The molecule has 0 aliphatic carbocycles. The first kappa shape index (κ1) is 9.05. The minimum absolute atomic E-state index is 0.294. The van der Waals surface area contributed by atoms with Crippen molar-refractivity contribution in [1.29, 1.82) is 0 Å². The molecular formula is C10H10N6. The quantitative estimate of drug-likeness (QED) is 0.734. The molecule has 3 rings (SSSR count). The second-order valence-electron chi connectivity index (χ2n) is 3.42. The summed E-state index contributed by atoms with van der Waals surface area (Å²) in [6.45, 7) is 0.294. The molecule has 6 nitrogen and oxygen atoms in total. The molecule has 0 saturated carbocycles. The average Bonchev–Trinajstić information content (AvgIpc) is 2.58. The summed E-state index contributed by atoms with van der Waals surface area (Å²) < 4.78 is 1.65. The van der Waals surface area contributed by atoms with Gasteiger partial charge in [0.1, 0.15) is 11.0 Å². The van der Waals surface area contributed by atoms with Gasteiger partial charge in [0.05, 0.1) is 12.4 Å². The van der Waals surface area contributed by atoms with Crippen LogP contribution in [0.4, 0.5) is 5.69 Å². The molecule has 0 amide bonds. The van der Waals surface area contributed by atoms with Gasteiger partial charge in [0.15, 0.2) is 0 Å². The maximum atomic E-state index is 5.61. The molecule has 1 aliphatic heterocycles. The Kier molecular flexibility index (Phi) is 1.94. The lowest BCUT2D eigenvalue weighted by Gasteiger charge is -2.07. The van der Waals surface area contributed by atoms with Gasteiger partial charge in [-0.2, -0.15) is 5.10 Å². The predicted octanol–water partition coefficient (Wildman–Crippen LogP) is 0.772. The Labute approximate surface area is 91.4 Å². The second-order valence-corrected chi connectivity index (χ2v) is 3.42. The Morgan fingerprint density at radius 1 is 1.38 bits per heavy atom. The lowest BCUT2D eigenvalue weighted by Crippen LogP contribution is -2.09. The van der Waals surface area contributed by atoms with Crippen molar-refractivity contribution in [1.82, 2.24) is 15.0 Å². The third-order valence-electron chi connectivity index (χ3n) is 2.49. The van der Waals surface area contributed by atoms with E-state index in [1.165, 1.54) is 0 Å². The van der Waals surface area contributed by atoms with Gasteiger partial charge < -0.3 is 5.73 Å². The first-order valence-corrected chi connectivity index (χ1v) is 4.92. The minimum atomic E-state index is 0.294. The maximum Gasteiger partial charge on any atom is 0.116 e. The number of benzene rings is 1. The van der Waals surface area contributed by atoms with Gasteiger partial charge in [-0.1, -0.05) is 17.4 Å². The SMILES string of the molecule is NCn1nnc2ccc3c(c21)NN=CC=C3. The number of hydrazone groups is 1. The van der Waals surface area contributed by atoms with E-state index in [9.17, 15) is 0 Å². The molecule has 0 bridgehead atoms. The first-order chi connectivity index (χ1) is 7.90. The largest absolute Gasteiger partial charge is 0.312 e. The molecule has 16 heavy (non-hydrogen) atoms. The number of nitrogens with zero attached hydrogens (tertiary/aromatic N) is 4. The number of allylic oxidation sites excluding steroid dienone is 1. The summed E-state index contributed by atoms with van der Waals surface area (Å²) in [5.74, 6) is 0. The zero-order chi connectivity index (χ0) is 11.0. The summed E-state index contributed by atoms with van der Waals surface area (Å²) >= 11 is 0. The summed E-state index contributed by atoms with van der Waals surface area (Å²) in [4.78, 5) is 0. The van der Waals surface area contributed by atoms with E-state index in [0.29, 0.717) is 6.67 Å². The van der Waals surface area contributed by atoms with E-state index in [4.69, 9.17) is 5.73 Å². The van der Waals surface area contributed by atoms with Crippen LogP contribution in [0.5, 0.6) is 0 Å². The minimum Gasteiger partial charge on any atom is -0.312 e. The first-order valence-electron chi connectivity index (χ1n) is 4.92. The molecule has 0 saturated heterocycles. The lowest BCUT2D eigenvalue weighted by atomic mass is 10.1. The van der Waals surface area contributed by atoms with Crippen LogP contribution in [0, 0.1) is 0 Å². The average molecular weight is 214 g/mol. The van der Waals surface area contributed by atoms with Crippen LogP contribution in [0.25, 0.3) is 17.1 Å². The van der Waals surface area contributed by atoms with Gasteiger partial charge in [-0.25, -0.2) is 4.68 Å². The van der Waals surface area contributed by atoms with E-state index in [0.717, 1.165) is 22.3 Å². The molecule has 80 valence electrons. The van der Waals surface area contributed by atoms with Crippen LogP contribution in [-0.4, -0.2) is 21.2 Å². The number of aromatic nitrogens is 3. The van der Waals surface area contributed by atoms with Crippen LogP contribution in [-0.2, 0) is 6.67 Å². The number of hydrogen-bond donors (Lipinski definition) is 2. The number of fused-ring (bicyclic) bond motifs is 3. The molecule has 1 aliphatic rings. The highest BCUT2D eigenvalue weighted by Crippen LogP contribution is 2.27. The molecule has 0 fully saturated rings. The van der Waals surface area contributed by atoms with Gasteiger partial charge >= 0.3 is 0 Å². The van der Waals surface area contributed by atoms with E-state index in [1.807, 2.05) is 24.3 Å². The van der Waals surface area contributed by atoms with Crippen molar-refractivity contribution < 1.29 is 0 Å². The number of rotatable bonds is 1. The topological polar surface area (TPSA) is 81.1 Å². The molecule has 3 N–H and O–H groups in total. The molecule has 1 aromatic heterocycles. The smallest absolute Gasteiger partial charge is 0.116 e. The fourth-order valence-electron chi connectivity index (χ4n) is 1.76. The van der Waals surface area contributed by atoms with E-state index in [-0.39, 0.29) is 0 Å². The lowest BCUT2D eigenvalue weighted by molar-refractivity contribution is 0.628. The van der Waals surface area contributed by atoms with Crippen LogP contribution in [0.2, 0.25) is 0 Å². The molecule has 0 spiro atoms. The highest BCUT2D eigenvalue weighted by Gasteiger charge is 2.12. The van der Waals surface area contributed by atoms with Gasteiger partial charge in [-0.3, -0.25) is 5.43 Å². The number of nitrogens with two attached hydrogens (primary N) is 1. The highest BCUT2D eigenvalue weighted by molar-refractivity contribution is 5.96. The van der Waals surface area contributed by atoms with Crippen molar-refractivity contribution in [3.05, 3.63) is 23.8 Å². The maximum absolute atomic E-state index is 5.61. The van der Waals surface area contributed by atoms with Gasteiger partial charge in [-0.05, 0) is 12.1 Å². The Bertz CT molecular complexity index is 595. The third-order valence-corrected chi connectivity index (χ3v) is 2.49. The second kappa shape index (κ2) is 3.42. The number of anilines is 1. The normalized spacial score (nSPS) is 13.6. The van der Waals surface area contributed by atoms with Crippen molar-refractivity contribution >= 4 is 29.0 Å². The Morgan fingerprint density at radius 3 is 3.19 bits per heavy atom. The molecule has 2 heterocycles. The van der Waals surface area contributed by atoms with Crippen molar-refractivity contribution in [2.75, 3.05) is 5.43 Å². The fraction of sp³-hybridized carbons (Fsp3) is 0.100. The van der Waals surface area contributed by atoms with Gasteiger partial charge in [0.2, 0.25) is 0 Å². The summed E-state index contributed by atoms with van der Waals surface area (Å²) in [6, 6.07) is 3.90. The molecule has 2 aromatic rings. The van der Waals surface area contributed by atoms with Crippen LogP contribution in [0.15, 0.2) is 23.3 Å². The zero-order valence-electron chi connectivity index (χ0n) is 8.46. The predicted molar refractivity (Wildman–Crippen MR) is 62.9 cm³/mol. The van der Waals surface area contributed by atoms with Gasteiger partial charge in [0.25, 0.3) is 0 Å². The van der Waals surface area contributed by atoms with Crippen LogP contribution >= 0.6 is 0 Å². The fourth-order valence-corrected chi connectivity index (χ4v) is 1.76. The van der Waals surface area contributed by atoms with Crippen molar-refractivity contribution in [3.63, 3.8) is 0 Å². The van der Waals surface area contributed by atoms with E-state index < -0.39 is 0 Å². The van der Waals surface area contributed by atoms with Gasteiger partial charge in [-0.15, -0.1) is 5.10 Å². The zero-order valence-corrected chi connectivity index (χ0v) is 8.46. The molecule has 0 radical (unpaired) electrons. The summed E-state index contributed by atoms with van der Waals surface area (Å²) in [6.07, 6.45) is 5.55. The van der Waals surface area contributed by atoms with Crippen LogP contribution in [0.1, 0.15) is 5.56 Å². The van der Waals surface area contributed by atoms with E-state index >= 15 is 0 Å². The highest BCUT2D eigenvalue weighted by atomic mass is 15.4. The Morgan fingerprint density at radius 2 is 2.31 bits per heavy atom. The molecule has 1 aromatic carbocycles. The number of nitrogens with one attached hydrogen (secondary N) is 1.